The van der Waals surface area contributed by atoms with Crippen LogP contribution < -0.4 is 5.32 Å². The number of esters is 1. The minimum Gasteiger partial charge on any atom is -0.467 e. The maximum Gasteiger partial charge on any atom is 0.328 e. The fourth-order valence-electron chi connectivity index (χ4n) is 0.741. The molecule has 0 aliphatic heterocycles. The Morgan fingerprint density at radius 2 is 2.54 bits per heavy atom. The number of nitrogens with zero attached hydrogens (tertiary/aromatic N) is 1. The number of halogens is 1. The van der Waals surface area contributed by atoms with Gasteiger partial charge in [0.2, 0.25) is 0 Å². The topological polar surface area (TPSA) is 51.2 Å². The third kappa shape index (κ3) is 2.96. The molecule has 0 bridgehead atoms. The van der Waals surface area contributed by atoms with E-state index in [1.165, 1.54) is 18.4 Å². The lowest BCUT2D eigenvalue weighted by Gasteiger charge is -2.09. The van der Waals surface area contributed by atoms with Crippen molar-refractivity contribution in [3.05, 3.63) is 9.98 Å². The molecule has 0 radical (unpaired) electrons. The molecule has 13 heavy (non-hydrogen) atoms. The van der Waals surface area contributed by atoms with E-state index in [9.17, 15) is 4.79 Å². The van der Waals surface area contributed by atoms with Gasteiger partial charge in [-0.1, -0.05) is 0 Å². The number of nitrogens with one attached hydrogen (secondary N) is 1. The summed E-state index contributed by atoms with van der Waals surface area (Å²) in [5, 5.41) is 5.45. The fraction of sp³-hybridized carbons (Fsp3) is 0.429. The lowest BCUT2D eigenvalue weighted by atomic mass is 10.3. The number of ether oxygens (including phenoxy) is 1. The van der Waals surface area contributed by atoms with Gasteiger partial charge in [-0.05, 0) is 22.9 Å². The molecule has 1 aromatic heterocycles. The number of rotatable bonds is 3. The number of hydrogen-bond donors (Lipinski definition) is 1. The second-order valence-electron chi connectivity index (χ2n) is 2.36. The number of methoxy groups -OCH3 is 1. The molecule has 4 nitrogen and oxygen atoms in total. The first-order valence-corrected chi connectivity index (χ1v) is 5.26. The Morgan fingerprint density at radius 1 is 1.85 bits per heavy atom. The van der Waals surface area contributed by atoms with Crippen LogP contribution in [-0.2, 0) is 9.53 Å². The van der Waals surface area contributed by atoms with Gasteiger partial charge in [0, 0.05) is 5.38 Å². The quantitative estimate of drug-likeness (QED) is 0.848. The molecule has 0 saturated carbocycles. The Labute approximate surface area is 88.4 Å². The SMILES string of the molecule is COC(=O)C(C)Nc1nc(Br)cs1. The molecule has 1 atom stereocenters. The minimum absolute atomic E-state index is 0.300. The summed E-state index contributed by atoms with van der Waals surface area (Å²) in [5.41, 5.74) is 0. The maximum absolute atomic E-state index is 11.0. The largest absolute Gasteiger partial charge is 0.467 e. The zero-order valence-electron chi connectivity index (χ0n) is 7.20. The molecule has 72 valence electrons. The van der Waals surface area contributed by atoms with Crippen molar-refractivity contribution < 1.29 is 9.53 Å². The van der Waals surface area contributed by atoms with Crippen LogP contribution in [0.4, 0.5) is 5.13 Å². The monoisotopic (exact) mass is 264 g/mol. The van der Waals surface area contributed by atoms with E-state index < -0.39 is 0 Å². The number of thiazole rings is 1. The van der Waals surface area contributed by atoms with Crippen LogP contribution in [0, 0.1) is 0 Å². The van der Waals surface area contributed by atoms with Gasteiger partial charge in [0.25, 0.3) is 0 Å². The highest BCUT2D eigenvalue weighted by Gasteiger charge is 2.13. The number of carbonyl (C=O) groups excluding carboxylic acids is 1. The number of hydrogen-bond acceptors (Lipinski definition) is 5. The van der Waals surface area contributed by atoms with Crippen LogP contribution in [0.2, 0.25) is 0 Å². The first-order valence-electron chi connectivity index (χ1n) is 3.59. The van der Waals surface area contributed by atoms with Crippen LogP contribution in [0.3, 0.4) is 0 Å². The highest BCUT2D eigenvalue weighted by Crippen LogP contribution is 2.20. The fourth-order valence-corrected chi connectivity index (χ4v) is 1.97. The zero-order valence-corrected chi connectivity index (χ0v) is 9.61. The summed E-state index contributed by atoms with van der Waals surface area (Å²) >= 11 is 4.65. The van der Waals surface area contributed by atoms with Gasteiger partial charge in [-0.2, -0.15) is 0 Å². The Morgan fingerprint density at radius 3 is 3.00 bits per heavy atom. The van der Waals surface area contributed by atoms with E-state index in [-0.39, 0.29) is 12.0 Å². The molecule has 1 aromatic rings. The molecule has 1 N–H and O–H groups in total. The molecule has 0 amide bonds. The lowest BCUT2D eigenvalue weighted by Crippen LogP contribution is -2.26. The van der Waals surface area contributed by atoms with Crippen molar-refractivity contribution in [1.29, 1.82) is 0 Å². The van der Waals surface area contributed by atoms with Crippen LogP contribution in [0.1, 0.15) is 6.92 Å². The highest BCUT2D eigenvalue weighted by atomic mass is 79.9. The Hall–Kier alpha value is -0.620. The van der Waals surface area contributed by atoms with Gasteiger partial charge < -0.3 is 10.1 Å². The normalized spacial score (nSPS) is 12.2. The number of anilines is 1. The molecular formula is C7H9BrN2O2S. The second kappa shape index (κ2) is 4.57. The van der Waals surface area contributed by atoms with E-state index in [1.54, 1.807) is 6.92 Å². The molecule has 0 aromatic carbocycles. The smallest absolute Gasteiger partial charge is 0.328 e. The first-order chi connectivity index (χ1) is 6.13. The molecular weight excluding hydrogens is 256 g/mol. The average molecular weight is 265 g/mol. The Balaban J connectivity index is 2.54. The van der Waals surface area contributed by atoms with Crippen molar-refractivity contribution in [3.63, 3.8) is 0 Å². The van der Waals surface area contributed by atoms with Crippen LogP contribution >= 0.6 is 27.3 Å². The summed E-state index contributed by atoms with van der Waals surface area (Å²) in [6.45, 7) is 1.72. The molecule has 0 saturated heterocycles. The second-order valence-corrected chi connectivity index (χ2v) is 4.04. The zero-order chi connectivity index (χ0) is 9.84. The van der Waals surface area contributed by atoms with E-state index in [2.05, 4.69) is 31.0 Å². The van der Waals surface area contributed by atoms with Gasteiger partial charge in [0.15, 0.2) is 5.13 Å². The van der Waals surface area contributed by atoms with Gasteiger partial charge in [0.1, 0.15) is 10.6 Å². The van der Waals surface area contributed by atoms with Crippen LogP contribution in [0.15, 0.2) is 9.98 Å². The predicted molar refractivity (Wildman–Crippen MR) is 54.9 cm³/mol. The summed E-state index contributed by atoms with van der Waals surface area (Å²) < 4.78 is 5.32. The van der Waals surface area contributed by atoms with Crippen molar-refractivity contribution in [1.82, 2.24) is 4.98 Å². The van der Waals surface area contributed by atoms with Gasteiger partial charge >= 0.3 is 5.97 Å². The highest BCUT2D eigenvalue weighted by molar-refractivity contribution is 9.10. The minimum atomic E-state index is -0.372. The molecule has 1 rings (SSSR count). The van der Waals surface area contributed by atoms with Crippen molar-refractivity contribution in [2.45, 2.75) is 13.0 Å². The van der Waals surface area contributed by atoms with Crippen LogP contribution in [0.25, 0.3) is 0 Å². The van der Waals surface area contributed by atoms with E-state index >= 15 is 0 Å². The molecule has 1 unspecified atom stereocenters. The number of aromatic nitrogens is 1. The van der Waals surface area contributed by atoms with Gasteiger partial charge in [0.05, 0.1) is 7.11 Å². The molecule has 1 heterocycles. The van der Waals surface area contributed by atoms with Crippen LogP contribution in [0.5, 0.6) is 0 Å². The Kier molecular flexibility index (Phi) is 3.68. The van der Waals surface area contributed by atoms with Gasteiger partial charge in [-0.25, -0.2) is 9.78 Å². The maximum atomic E-state index is 11.0. The third-order valence-electron chi connectivity index (χ3n) is 1.37. The summed E-state index contributed by atoms with van der Waals surface area (Å²) in [5.74, 6) is -0.300. The van der Waals surface area contributed by atoms with Crippen molar-refractivity contribution in [3.8, 4) is 0 Å². The third-order valence-corrected chi connectivity index (χ3v) is 2.85. The molecule has 0 aliphatic rings. The van der Waals surface area contributed by atoms with Crippen LogP contribution in [-0.4, -0.2) is 24.1 Å². The van der Waals surface area contributed by atoms with E-state index in [1.807, 2.05) is 5.38 Å². The Bertz CT molecular complexity index is 302. The molecule has 0 fully saturated rings. The summed E-state index contributed by atoms with van der Waals surface area (Å²) in [6, 6.07) is -0.372. The standard InChI is InChI=1S/C7H9BrN2O2S/c1-4(6(11)12-2)9-7-10-5(8)3-13-7/h3-4H,1-2H3,(H,9,10). The van der Waals surface area contributed by atoms with E-state index in [4.69, 9.17) is 0 Å². The van der Waals surface area contributed by atoms with Gasteiger partial charge in [-0.3, -0.25) is 0 Å². The number of carbonyl (C=O) groups is 1. The summed E-state index contributed by atoms with van der Waals surface area (Å²) in [4.78, 5) is 15.1. The van der Waals surface area contributed by atoms with E-state index in [0.717, 1.165) is 4.60 Å². The van der Waals surface area contributed by atoms with Crippen molar-refractivity contribution in [2.24, 2.45) is 0 Å². The lowest BCUT2D eigenvalue weighted by molar-refractivity contribution is -0.141. The van der Waals surface area contributed by atoms with Gasteiger partial charge in [-0.15, -0.1) is 11.3 Å². The molecule has 0 aliphatic carbocycles. The summed E-state index contributed by atoms with van der Waals surface area (Å²) in [7, 11) is 1.36. The van der Waals surface area contributed by atoms with E-state index in [0.29, 0.717) is 5.13 Å². The van der Waals surface area contributed by atoms with Crippen molar-refractivity contribution in [2.75, 3.05) is 12.4 Å². The molecule has 6 heteroatoms. The summed E-state index contributed by atoms with van der Waals surface area (Å²) in [6.07, 6.45) is 0. The molecule has 0 spiro atoms. The predicted octanol–water partition coefficient (Wildman–Crippen LogP) is 1.88. The average Bonchev–Trinajstić information content (AvgIpc) is 2.49. The van der Waals surface area contributed by atoms with Crippen molar-refractivity contribution >= 4 is 38.4 Å². The first kappa shape index (κ1) is 10.5.